The molecule has 3 N–H and O–H groups in total. The Morgan fingerprint density at radius 3 is 2.41 bits per heavy atom. The Labute approximate surface area is 171 Å². The Morgan fingerprint density at radius 2 is 1.83 bits per heavy atom. The molecule has 1 aromatic carbocycles. The molecule has 0 radical (unpaired) electrons. The molecule has 1 aromatic heterocycles. The van der Waals surface area contributed by atoms with Crippen molar-refractivity contribution in [1.29, 1.82) is 0 Å². The number of H-pyrrole nitrogens is 1. The second-order valence-corrected chi connectivity index (χ2v) is 7.59. The molecule has 1 fully saturated rings. The number of rotatable bonds is 6. The molecule has 156 valence electrons. The van der Waals surface area contributed by atoms with Crippen LogP contribution in [-0.4, -0.2) is 60.7 Å². The molecule has 0 amide bonds. The van der Waals surface area contributed by atoms with Crippen molar-refractivity contribution in [2.75, 3.05) is 37.7 Å². The average Bonchev–Trinajstić information content (AvgIpc) is 3.02. The number of carbonyl (C=O) groups is 2. The number of phenols is 1. The van der Waals surface area contributed by atoms with E-state index in [-0.39, 0.29) is 23.5 Å². The van der Waals surface area contributed by atoms with Gasteiger partial charge in [0.2, 0.25) is 5.78 Å². The number of aryl methyl sites for hydroxylation is 1. The molecule has 0 bridgehead atoms. The number of anilines is 1. The number of nitrogens with zero attached hydrogens (tertiary/aromatic N) is 1. The molecule has 1 atom stereocenters. The molecule has 1 aliphatic heterocycles. The third-order valence-corrected chi connectivity index (χ3v) is 5.79. The average molecular weight is 400 g/mol. The van der Waals surface area contributed by atoms with Crippen molar-refractivity contribution in [3.8, 4) is 5.75 Å². The van der Waals surface area contributed by atoms with Crippen molar-refractivity contribution in [1.82, 2.24) is 4.98 Å². The number of esters is 1. The summed E-state index contributed by atoms with van der Waals surface area (Å²) in [7, 11) is 0. The number of quaternary nitrogens is 1. The lowest BCUT2D eigenvalue weighted by atomic mass is 10.0. The maximum absolute atomic E-state index is 13.2. The fourth-order valence-corrected chi connectivity index (χ4v) is 4.06. The third-order valence-electron chi connectivity index (χ3n) is 5.79. The molecule has 3 rings (SSSR count). The molecule has 1 aliphatic rings. The van der Waals surface area contributed by atoms with E-state index >= 15 is 0 Å². The molecule has 0 aliphatic carbocycles. The van der Waals surface area contributed by atoms with E-state index in [9.17, 15) is 14.7 Å². The van der Waals surface area contributed by atoms with Gasteiger partial charge in [-0.05, 0) is 57.5 Å². The normalized spacial score (nSPS) is 15.9. The van der Waals surface area contributed by atoms with Crippen molar-refractivity contribution in [2.24, 2.45) is 0 Å². The second kappa shape index (κ2) is 8.69. The van der Waals surface area contributed by atoms with E-state index in [4.69, 9.17) is 4.74 Å². The lowest BCUT2D eigenvalue weighted by Gasteiger charge is -2.36. The van der Waals surface area contributed by atoms with Gasteiger partial charge < -0.3 is 24.6 Å². The number of aromatic amines is 1. The number of benzene rings is 1. The van der Waals surface area contributed by atoms with E-state index in [2.05, 4.69) is 9.88 Å². The quantitative estimate of drug-likeness (QED) is 0.505. The van der Waals surface area contributed by atoms with Gasteiger partial charge in [0, 0.05) is 11.4 Å². The zero-order chi connectivity index (χ0) is 21.1. The van der Waals surface area contributed by atoms with Gasteiger partial charge in [-0.15, -0.1) is 0 Å². The Morgan fingerprint density at radius 1 is 1.21 bits per heavy atom. The van der Waals surface area contributed by atoms with Crippen LogP contribution in [0.2, 0.25) is 0 Å². The van der Waals surface area contributed by atoms with Gasteiger partial charge in [-0.3, -0.25) is 4.79 Å². The molecule has 7 heteroatoms. The summed E-state index contributed by atoms with van der Waals surface area (Å²) in [5, 5.41) is 9.45. The first-order chi connectivity index (χ1) is 13.8. The largest absolute Gasteiger partial charge is 0.508 e. The summed E-state index contributed by atoms with van der Waals surface area (Å²) in [5.74, 6) is -0.106. The summed E-state index contributed by atoms with van der Waals surface area (Å²) in [4.78, 5) is 32.0. The summed E-state index contributed by atoms with van der Waals surface area (Å²) in [6.45, 7) is 11.0. The van der Waals surface area contributed by atoms with Crippen LogP contribution in [0.1, 0.15) is 46.0 Å². The zero-order valence-electron chi connectivity index (χ0n) is 17.5. The minimum Gasteiger partial charge on any atom is -0.508 e. The summed E-state index contributed by atoms with van der Waals surface area (Å²) in [5.41, 5.74) is 3.39. The Hall–Kier alpha value is -2.80. The summed E-state index contributed by atoms with van der Waals surface area (Å²) in [6.07, 6.45) is 0. The van der Waals surface area contributed by atoms with Crippen LogP contribution in [0.3, 0.4) is 0 Å². The summed E-state index contributed by atoms with van der Waals surface area (Å²) < 4.78 is 5.12. The fraction of sp³-hybridized carbons (Fsp3) is 0.455. The predicted molar refractivity (Wildman–Crippen MR) is 111 cm³/mol. The van der Waals surface area contributed by atoms with Crippen LogP contribution in [0.15, 0.2) is 24.3 Å². The van der Waals surface area contributed by atoms with Gasteiger partial charge in [0.15, 0.2) is 6.04 Å². The molecule has 0 saturated carbocycles. The van der Waals surface area contributed by atoms with Gasteiger partial charge in [-0.2, -0.15) is 0 Å². The molecule has 0 unspecified atom stereocenters. The van der Waals surface area contributed by atoms with Gasteiger partial charge in [-0.25, -0.2) is 4.79 Å². The Kier molecular flexibility index (Phi) is 6.27. The monoisotopic (exact) mass is 400 g/mol. The number of phenolic OH excluding ortho intramolecular Hbond substituents is 1. The maximum atomic E-state index is 13.2. The lowest BCUT2D eigenvalue weighted by molar-refractivity contribution is -0.914. The van der Waals surface area contributed by atoms with Crippen LogP contribution in [0.5, 0.6) is 5.75 Å². The van der Waals surface area contributed by atoms with Crippen LogP contribution in [0.4, 0.5) is 5.69 Å². The summed E-state index contributed by atoms with van der Waals surface area (Å²) in [6, 6.07) is 7.01. The molecule has 2 heterocycles. The molecule has 2 aromatic rings. The van der Waals surface area contributed by atoms with Gasteiger partial charge in [0.1, 0.15) is 5.75 Å². The molecule has 29 heavy (non-hydrogen) atoms. The standard InChI is InChI=1S/C22H29N3O4/c1-5-29-22(28)19-14(2)20(23-15(19)3)21(27)16(4)24-10-12-25(13-11-24)17-6-8-18(26)9-7-17/h6-9,16,23,26H,5,10-13H2,1-4H3/p+1/t16-/m1/s1. The SMILES string of the molecule is CCOC(=O)c1c(C)[nH]c(C(=O)[C@@H](C)[NH+]2CCN(c3ccc(O)cc3)CC2)c1C. The van der Waals surface area contributed by atoms with Crippen molar-refractivity contribution >= 4 is 17.4 Å². The van der Waals surface area contributed by atoms with E-state index in [1.165, 1.54) is 4.90 Å². The number of carbonyl (C=O) groups excluding carboxylic acids is 2. The van der Waals surface area contributed by atoms with Crippen LogP contribution >= 0.6 is 0 Å². The van der Waals surface area contributed by atoms with Crippen molar-refractivity contribution in [3.63, 3.8) is 0 Å². The first kappa shape index (κ1) is 20.9. The van der Waals surface area contributed by atoms with Gasteiger partial charge in [0.05, 0.1) is 44.0 Å². The molecule has 0 spiro atoms. The van der Waals surface area contributed by atoms with Crippen LogP contribution < -0.4 is 9.80 Å². The van der Waals surface area contributed by atoms with Crippen molar-refractivity contribution < 1.29 is 24.3 Å². The maximum Gasteiger partial charge on any atom is 0.340 e. The molecule has 1 saturated heterocycles. The number of ketones is 1. The van der Waals surface area contributed by atoms with Crippen LogP contribution in [-0.2, 0) is 4.74 Å². The number of piperazine rings is 1. The number of aromatic nitrogens is 1. The van der Waals surface area contributed by atoms with Gasteiger partial charge in [-0.1, -0.05) is 0 Å². The first-order valence-corrected chi connectivity index (χ1v) is 10.1. The third kappa shape index (κ3) is 4.29. The van der Waals surface area contributed by atoms with E-state index in [1.54, 1.807) is 32.9 Å². The van der Waals surface area contributed by atoms with Crippen molar-refractivity contribution in [3.05, 3.63) is 46.8 Å². The Balaban J connectivity index is 1.68. The highest BCUT2D eigenvalue weighted by molar-refractivity contribution is 6.03. The number of hydrogen-bond acceptors (Lipinski definition) is 5. The topological polar surface area (TPSA) is 87.1 Å². The van der Waals surface area contributed by atoms with E-state index in [0.29, 0.717) is 29.1 Å². The second-order valence-electron chi connectivity index (χ2n) is 7.59. The highest BCUT2D eigenvalue weighted by Crippen LogP contribution is 2.21. The molecular formula is C22H30N3O4+. The predicted octanol–water partition coefficient (Wildman–Crippen LogP) is 1.49. The summed E-state index contributed by atoms with van der Waals surface area (Å²) >= 11 is 0. The number of ether oxygens (including phenoxy) is 1. The van der Waals surface area contributed by atoms with Gasteiger partial charge >= 0.3 is 5.97 Å². The highest BCUT2D eigenvalue weighted by Gasteiger charge is 2.33. The zero-order valence-corrected chi connectivity index (χ0v) is 17.5. The lowest BCUT2D eigenvalue weighted by Crippen LogP contribution is -3.18. The van der Waals surface area contributed by atoms with E-state index in [1.807, 2.05) is 19.1 Å². The van der Waals surface area contributed by atoms with Gasteiger partial charge in [0.25, 0.3) is 0 Å². The minimum absolute atomic E-state index is 0.0224. The van der Waals surface area contributed by atoms with Crippen LogP contribution in [0, 0.1) is 13.8 Å². The van der Waals surface area contributed by atoms with E-state index in [0.717, 1.165) is 31.9 Å². The fourth-order valence-electron chi connectivity index (χ4n) is 4.06. The molecule has 7 nitrogen and oxygen atoms in total. The van der Waals surface area contributed by atoms with Crippen LogP contribution in [0.25, 0.3) is 0 Å². The van der Waals surface area contributed by atoms with E-state index < -0.39 is 0 Å². The molecular weight excluding hydrogens is 370 g/mol. The van der Waals surface area contributed by atoms with Crippen molar-refractivity contribution in [2.45, 2.75) is 33.7 Å². The highest BCUT2D eigenvalue weighted by atomic mass is 16.5. The number of hydrogen-bond donors (Lipinski definition) is 3. The first-order valence-electron chi connectivity index (χ1n) is 10.1. The smallest absolute Gasteiger partial charge is 0.340 e. The number of nitrogens with one attached hydrogen (secondary N) is 2. The number of aromatic hydroxyl groups is 1. The Bertz CT molecular complexity index is 880. The minimum atomic E-state index is -0.389. The number of Topliss-reactive ketones (excluding diaryl/α,β-unsaturated/α-hetero) is 1.